The standard InChI is InChI=1S/C25H21Cl2N3O3S/c1-3-33-24-12-16(4-11-23(24)31)14-28-30-22(17-5-8-19(32-2)9-6-17)15-34-25(30)29-18-7-10-20(26)21(27)13-18/h4-15,31H,3H2,1-2H3/b28-14+,29-25?. The second-order valence-corrected chi connectivity index (χ2v) is 8.71. The van der Waals surface area contributed by atoms with Gasteiger partial charge in [0.15, 0.2) is 11.5 Å². The molecule has 0 saturated heterocycles. The van der Waals surface area contributed by atoms with Crippen LogP contribution in [0.1, 0.15) is 12.5 Å². The first-order valence-electron chi connectivity index (χ1n) is 10.3. The number of thiazole rings is 1. The molecule has 1 heterocycles. The second-order valence-electron chi connectivity index (χ2n) is 7.06. The Labute approximate surface area is 211 Å². The van der Waals surface area contributed by atoms with E-state index in [1.165, 1.54) is 11.3 Å². The molecule has 0 amide bonds. The Balaban J connectivity index is 1.81. The van der Waals surface area contributed by atoms with E-state index in [2.05, 4.69) is 0 Å². The van der Waals surface area contributed by atoms with E-state index in [-0.39, 0.29) is 5.75 Å². The molecule has 0 bridgehead atoms. The second kappa shape index (κ2) is 10.8. The first kappa shape index (κ1) is 23.9. The third-order valence-electron chi connectivity index (χ3n) is 4.81. The first-order chi connectivity index (χ1) is 16.5. The van der Waals surface area contributed by atoms with Crippen LogP contribution < -0.4 is 14.3 Å². The highest BCUT2D eigenvalue weighted by molar-refractivity contribution is 7.07. The van der Waals surface area contributed by atoms with Crippen molar-refractivity contribution in [2.45, 2.75) is 6.92 Å². The summed E-state index contributed by atoms with van der Waals surface area (Å²) in [7, 11) is 1.63. The number of aromatic hydroxyl groups is 1. The van der Waals surface area contributed by atoms with Gasteiger partial charge in [-0.2, -0.15) is 5.10 Å². The Morgan fingerprint density at radius 3 is 2.53 bits per heavy atom. The lowest BCUT2D eigenvalue weighted by molar-refractivity contribution is 0.318. The van der Waals surface area contributed by atoms with Crippen molar-refractivity contribution in [2.24, 2.45) is 10.1 Å². The van der Waals surface area contributed by atoms with Gasteiger partial charge in [-0.25, -0.2) is 9.67 Å². The first-order valence-corrected chi connectivity index (χ1v) is 12.0. The summed E-state index contributed by atoms with van der Waals surface area (Å²) in [6.45, 7) is 2.31. The maximum atomic E-state index is 9.99. The molecule has 0 unspecified atom stereocenters. The molecule has 0 radical (unpaired) electrons. The Morgan fingerprint density at radius 2 is 1.82 bits per heavy atom. The fraction of sp³-hybridized carbons (Fsp3) is 0.120. The molecule has 1 aromatic heterocycles. The fourth-order valence-corrected chi connectivity index (χ4v) is 4.27. The quantitative estimate of drug-likeness (QED) is 0.278. The van der Waals surface area contributed by atoms with Gasteiger partial charge in [0.1, 0.15) is 5.75 Å². The van der Waals surface area contributed by atoms with Gasteiger partial charge in [-0.15, -0.1) is 11.3 Å². The van der Waals surface area contributed by atoms with Crippen LogP contribution in [-0.4, -0.2) is 29.7 Å². The summed E-state index contributed by atoms with van der Waals surface area (Å²) >= 11 is 13.7. The van der Waals surface area contributed by atoms with E-state index in [4.69, 9.17) is 42.8 Å². The highest BCUT2D eigenvalue weighted by atomic mass is 35.5. The van der Waals surface area contributed by atoms with E-state index < -0.39 is 0 Å². The van der Waals surface area contributed by atoms with Crippen molar-refractivity contribution in [1.82, 2.24) is 4.68 Å². The molecule has 34 heavy (non-hydrogen) atoms. The molecular formula is C25H21Cl2N3O3S. The maximum absolute atomic E-state index is 9.99. The molecule has 6 nitrogen and oxygen atoms in total. The van der Waals surface area contributed by atoms with Crippen LogP contribution >= 0.6 is 34.5 Å². The minimum atomic E-state index is 0.0800. The number of nitrogens with zero attached hydrogens (tertiary/aromatic N) is 3. The summed E-state index contributed by atoms with van der Waals surface area (Å²) in [6.07, 6.45) is 1.69. The number of rotatable bonds is 7. The molecule has 0 aliphatic heterocycles. The number of phenolic OH excluding ortho intramolecular Hbond substituents is 1. The normalized spacial score (nSPS) is 11.8. The molecule has 0 spiro atoms. The van der Waals surface area contributed by atoms with Gasteiger partial charge in [0, 0.05) is 10.9 Å². The van der Waals surface area contributed by atoms with Crippen LogP contribution in [0.5, 0.6) is 17.2 Å². The number of hydrogen-bond donors (Lipinski definition) is 1. The summed E-state index contributed by atoms with van der Waals surface area (Å²) in [5.41, 5.74) is 3.22. The minimum Gasteiger partial charge on any atom is -0.504 e. The molecule has 9 heteroatoms. The molecule has 0 atom stereocenters. The third kappa shape index (κ3) is 5.44. The fourth-order valence-electron chi connectivity index (χ4n) is 3.12. The molecule has 174 valence electrons. The summed E-state index contributed by atoms with van der Waals surface area (Å²) in [5, 5.41) is 17.6. The van der Waals surface area contributed by atoms with Gasteiger partial charge in [0.05, 0.1) is 41.4 Å². The third-order valence-corrected chi connectivity index (χ3v) is 6.36. The van der Waals surface area contributed by atoms with Crippen LogP contribution in [0, 0.1) is 0 Å². The van der Waals surface area contributed by atoms with Gasteiger partial charge in [0.2, 0.25) is 4.80 Å². The molecule has 4 aromatic rings. The average Bonchev–Trinajstić information content (AvgIpc) is 3.24. The van der Waals surface area contributed by atoms with Crippen LogP contribution in [0.4, 0.5) is 5.69 Å². The molecule has 4 rings (SSSR count). The Bertz CT molecular complexity index is 1400. The van der Waals surface area contributed by atoms with Gasteiger partial charge in [-0.3, -0.25) is 0 Å². The summed E-state index contributed by atoms with van der Waals surface area (Å²) in [5.74, 6) is 1.25. The summed E-state index contributed by atoms with van der Waals surface area (Å²) in [4.78, 5) is 5.37. The molecule has 0 aliphatic rings. The van der Waals surface area contributed by atoms with E-state index >= 15 is 0 Å². The van der Waals surface area contributed by atoms with Gasteiger partial charge in [-0.05, 0) is 73.2 Å². The van der Waals surface area contributed by atoms with E-state index in [0.29, 0.717) is 32.9 Å². The van der Waals surface area contributed by atoms with E-state index in [1.54, 1.807) is 54.4 Å². The zero-order chi connectivity index (χ0) is 24.1. The van der Waals surface area contributed by atoms with Gasteiger partial charge >= 0.3 is 0 Å². The number of methoxy groups -OCH3 is 1. The zero-order valence-corrected chi connectivity index (χ0v) is 20.7. The number of halogens is 2. The van der Waals surface area contributed by atoms with Crippen molar-refractivity contribution in [3.63, 3.8) is 0 Å². The molecule has 3 aromatic carbocycles. The predicted molar refractivity (Wildman–Crippen MR) is 138 cm³/mol. The van der Waals surface area contributed by atoms with Crippen molar-refractivity contribution in [3.8, 4) is 28.5 Å². The molecular weight excluding hydrogens is 493 g/mol. The van der Waals surface area contributed by atoms with Crippen LogP contribution in [0.25, 0.3) is 11.3 Å². The SMILES string of the molecule is CCOc1cc(/C=N/n2c(-c3ccc(OC)cc3)csc2=Nc2ccc(Cl)c(Cl)c2)ccc1O. The van der Waals surface area contributed by atoms with E-state index in [1.807, 2.05) is 36.6 Å². The van der Waals surface area contributed by atoms with E-state index in [9.17, 15) is 5.11 Å². The predicted octanol–water partition coefficient (Wildman–Crippen LogP) is 6.75. The molecule has 0 fully saturated rings. The van der Waals surface area contributed by atoms with Crippen LogP contribution in [0.3, 0.4) is 0 Å². The van der Waals surface area contributed by atoms with E-state index in [0.717, 1.165) is 22.6 Å². The van der Waals surface area contributed by atoms with Crippen molar-refractivity contribution in [1.29, 1.82) is 0 Å². The number of phenols is 1. The molecule has 1 N–H and O–H groups in total. The lowest BCUT2D eigenvalue weighted by Gasteiger charge is -2.07. The number of aromatic nitrogens is 1. The lowest BCUT2D eigenvalue weighted by atomic mass is 10.2. The lowest BCUT2D eigenvalue weighted by Crippen LogP contribution is -2.11. The zero-order valence-electron chi connectivity index (χ0n) is 18.4. The van der Waals surface area contributed by atoms with Crippen molar-refractivity contribution in [2.75, 3.05) is 13.7 Å². The minimum absolute atomic E-state index is 0.0800. The number of hydrogen-bond acceptors (Lipinski definition) is 6. The van der Waals surface area contributed by atoms with Crippen LogP contribution in [0.2, 0.25) is 10.0 Å². The van der Waals surface area contributed by atoms with Crippen molar-refractivity contribution < 1.29 is 14.6 Å². The van der Waals surface area contributed by atoms with Crippen LogP contribution in [0.15, 0.2) is 76.1 Å². The Hall–Kier alpha value is -3.26. The van der Waals surface area contributed by atoms with Crippen molar-refractivity contribution in [3.05, 3.63) is 86.5 Å². The largest absolute Gasteiger partial charge is 0.504 e. The Kier molecular flexibility index (Phi) is 7.57. The Morgan fingerprint density at radius 1 is 1.03 bits per heavy atom. The van der Waals surface area contributed by atoms with Gasteiger partial charge < -0.3 is 14.6 Å². The average molecular weight is 514 g/mol. The highest BCUT2D eigenvalue weighted by Gasteiger charge is 2.09. The van der Waals surface area contributed by atoms with Crippen molar-refractivity contribution >= 4 is 46.4 Å². The van der Waals surface area contributed by atoms with Gasteiger partial charge in [0.25, 0.3) is 0 Å². The maximum Gasteiger partial charge on any atom is 0.211 e. The monoisotopic (exact) mass is 513 g/mol. The summed E-state index contributed by atoms with van der Waals surface area (Å²) in [6, 6.07) is 18.0. The summed E-state index contributed by atoms with van der Waals surface area (Å²) < 4.78 is 12.5. The molecule has 0 saturated carbocycles. The van der Waals surface area contributed by atoms with Crippen LogP contribution in [-0.2, 0) is 0 Å². The number of benzene rings is 3. The molecule has 0 aliphatic carbocycles. The number of ether oxygens (including phenoxy) is 2. The smallest absolute Gasteiger partial charge is 0.211 e. The topological polar surface area (TPSA) is 68.3 Å². The van der Waals surface area contributed by atoms with Gasteiger partial charge in [-0.1, -0.05) is 23.2 Å². The highest BCUT2D eigenvalue weighted by Crippen LogP contribution is 2.28.